The number of hydrogen-bond acceptors (Lipinski definition) is 5. The summed E-state index contributed by atoms with van der Waals surface area (Å²) in [6.45, 7) is 0. The topological polar surface area (TPSA) is 92.1 Å². The lowest BCUT2D eigenvalue weighted by Gasteiger charge is -2.05. The van der Waals surface area contributed by atoms with Gasteiger partial charge in [-0.05, 0) is 42.5 Å². The van der Waals surface area contributed by atoms with Gasteiger partial charge in [0.1, 0.15) is 11.6 Å². The first kappa shape index (κ1) is 15.9. The van der Waals surface area contributed by atoms with Gasteiger partial charge in [-0.2, -0.15) is 5.26 Å². The van der Waals surface area contributed by atoms with Gasteiger partial charge in [-0.25, -0.2) is 4.79 Å². The highest BCUT2D eigenvalue weighted by Crippen LogP contribution is 2.12. The Bertz CT molecular complexity index is 775. The number of nitrogens with one attached hydrogen (secondary N) is 1. The summed E-state index contributed by atoms with van der Waals surface area (Å²) in [6, 6.07) is 13.2. The maximum atomic E-state index is 12.1. The largest absolute Gasteiger partial charge is 0.465 e. The molecule has 1 aromatic heterocycles. The second-order valence-electron chi connectivity index (χ2n) is 4.45. The molecular weight excluding hydrogens is 294 g/mol. The van der Waals surface area contributed by atoms with E-state index >= 15 is 0 Å². The van der Waals surface area contributed by atoms with E-state index in [2.05, 4.69) is 15.0 Å². The Morgan fingerprint density at radius 3 is 2.52 bits per heavy atom. The predicted molar refractivity (Wildman–Crippen MR) is 84.2 cm³/mol. The van der Waals surface area contributed by atoms with Crippen molar-refractivity contribution in [2.75, 3.05) is 12.4 Å². The van der Waals surface area contributed by atoms with Crippen LogP contribution in [0.1, 0.15) is 16.1 Å². The number of ether oxygens (including phenoxy) is 1. The Labute approximate surface area is 133 Å². The van der Waals surface area contributed by atoms with Gasteiger partial charge in [0.25, 0.3) is 5.91 Å². The molecule has 1 amide bonds. The Morgan fingerprint density at radius 2 is 1.96 bits per heavy atom. The number of carbonyl (C=O) groups is 2. The number of carbonyl (C=O) groups excluding carboxylic acids is 2. The minimum Gasteiger partial charge on any atom is -0.465 e. The zero-order valence-electron chi connectivity index (χ0n) is 12.3. The SMILES string of the molecule is COC(=O)c1ccc(NC(=O)/C(C#N)=C\c2ccccn2)cc1. The number of anilines is 1. The summed E-state index contributed by atoms with van der Waals surface area (Å²) in [5, 5.41) is 11.7. The molecule has 2 rings (SSSR count). The number of amides is 1. The van der Waals surface area contributed by atoms with Crippen LogP contribution in [0.25, 0.3) is 6.08 Å². The van der Waals surface area contributed by atoms with Crippen LogP contribution in [-0.2, 0) is 9.53 Å². The number of hydrogen-bond donors (Lipinski definition) is 1. The van der Waals surface area contributed by atoms with Crippen LogP contribution < -0.4 is 5.32 Å². The molecule has 0 saturated heterocycles. The van der Waals surface area contributed by atoms with Crippen LogP contribution in [0, 0.1) is 11.3 Å². The van der Waals surface area contributed by atoms with Gasteiger partial charge in [0.2, 0.25) is 0 Å². The minimum absolute atomic E-state index is 0.0688. The maximum absolute atomic E-state index is 12.1. The summed E-state index contributed by atoms with van der Waals surface area (Å²) in [6.07, 6.45) is 2.97. The average Bonchev–Trinajstić information content (AvgIpc) is 2.60. The van der Waals surface area contributed by atoms with E-state index in [-0.39, 0.29) is 5.57 Å². The number of nitriles is 1. The van der Waals surface area contributed by atoms with Crippen molar-refractivity contribution in [1.82, 2.24) is 4.98 Å². The van der Waals surface area contributed by atoms with Gasteiger partial charge in [0.15, 0.2) is 0 Å². The van der Waals surface area contributed by atoms with Crippen molar-refractivity contribution < 1.29 is 14.3 Å². The van der Waals surface area contributed by atoms with Crippen LogP contribution in [0.4, 0.5) is 5.69 Å². The van der Waals surface area contributed by atoms with Crippen LogP contribution in [0.2, 0.25) is 0 Å². The van der Waals surface area contributed by atoms with E-state index < -0.39 is 11.9 Å². The standard InChI is InChI=1S/C17H13N3O3/c1-23-17(22)12-5-7-14(8-6-12)20-16(21)13(11-18)10-15-4-2-3-9-19-15/h2-10H,1H3,(H,20,21)/b13-10-. The van der Waals surface area contributed by atoms with Crippen molar-refractivity contribution in [1.29, 1.82) is 5.26 Å². The number of esters is 1. The van der Waals surface area contributed by atoms with Gasteiger partial charge in [-0.1, -0.05) is 6.07 Å². The van der Waals surface area contributed by atoms with Crippen molar-refractivity contribution in [3.63, 3.8) is 0 Å². The normalized spacial score (nSPS) is 10.5. The fourth-order valence-electron chi connectivity index (χ4n) is 1.76. The molecule has 0 aliphatic rings. The molecule has 0 fully saturated rings. The summed E-state index contributed by atoms with van der Waals surface area (Å²) in [5.74, 6) is -1.01. The second kappa shape index (κ2) is 7.52. The van der Waals surface area contributed by atoms with Crippen molar-refractivity contribution in [2.45, 2.75) is 0 Å². The Balaban J connectivity index is 2.13. The molecule has 0 unspecified atom stereocenters. The van der Waals surface area contributed by atoms with E-state index in [4.69, 9.17) is 5.26 Å². The monoisotopic (exact) mass is 307 g/mol. The van der Waals surface area contributed by atoms with Crippen LogP contribution in [0.5, 0.6) is 0 Å². The number of nitrogens with zero attached hydrogens (tertiary/aromatic N) is 2. The molecule has 0 saturated carbocycles. The van der Waals surface area contributed by atoms with Gasteiger partial charge in [0, 0.05) is 11.9 Å². The molecule has 6 heteroatoms. The van der Waals surface area contributed by atoms with E-state index in [1.807, 2.05) is 6.07 Å². The summed E-state index contributed by atoms with van der Waals surface area (Å²) in [4.78, 5) is 27.5. The van der Waals surface area contributed by atoms with Crippen molar-refractivity contribution in [3.8, 4) is 6.07 Å². The third-order valence-electron chi connectivity index (χ3n) is 2.91. The molecule has 0 bridgehead atoms. The molecule has 2 aromatic rings. The molecule has 0 spiro atoms. The Morgan fingerprint density at radius 1 is 1.22 bits per heavy atom. The minimum atomic E-state index is -0.552. The van der Waals surface area contributed by atoms with E-state index in [9.17, 15) is 9.59 Å². The van der Waals surface area contributed by atoms with E-state index in [1.54, 1.807) is 36.5 Å². The molecule has 0 radical (unpaired) electrons. The molecule has 0 atom stereocenters. The third kappa shape index (κ3) is 4.25. The van der Waals surface area contributed by atoms with Crippen molar-refractivity contribution in [2.24, 2.45) is 0 Å². The highest BCUT2D eigenvalue weighted by Gasteiger charge is 2.11. The number of rotatable bonds is 4. The highest BCUT2D eigenvalue weighted by molar-refractivity contribution is 6.09. The van der Waals surface area contributed by atoms with Crippen molar-refractivity contribution >= 4 is 23.6 Å². The lowest BCUT2D eigenvalue weighted by Crippen LogP contribution is -2.13. The number of pyridine rings is 1. The molecule has 6 nitrogen and oxygen atoms in total. The van der Waals surface area contributed by atoms with Gasteiger partial charge < -0.3 is 10.1 Å². The maximum Gasteiger partial charge on any atom is 0.337 e. The number of benzene rings is 1. The molecule has 0 aliphatic heterocycles. The molecule has 1 N–H and O–H groups in total. The molecule has 0 aliphatic carbocycles. The number of methoxy groups -OCH3 is 1. The molecule has 114 valence electrons. The van der Waals surface area contributed by atoms with Crippen LogP contribution in [0.15, 0.2) is 54.2 Å². The smallest absolute Gasteiger partial charge is 0.337 e. The van der Waals surface area contributed by atoms with Crippen molar-refractivity contribution in [3.05, 3.63) is 65.5 Å². The van der Waals surface area contributed by atoms with Gasteiger partial charge >= 0.3 is 5.97 Å². The van der Waals surface area contributed by atoms with E-state index in [0.717, 1.165) is 0 Å². The zero-order chi connectivity index (χ0) is 16.7. The van der Waals surface area contributed by atoms with E-state index in [1.165, 1.54) is 25.3 Å². The third-order valence-corrected chi connectivity index (χ3v) is 2.91. The van der Waals surface area contributed by atoms with Gasteiger partial charge in [-0.15, -0.1) is 0 Å². The zero-order valence-corrected chi connectivity index (χ0v) is 12.3. The van der Waals surface area contributed by atoms with Crippen LogP contribution in [0.3, 0.4) is 0 Å². The summed E-state index contributed by atoms with van der Waals surface area (Å²) >= 11 is 0. The Hall–Kier alpha value is -3.46. The first-order chi connectivity index (χ1) is 11.1. The quantitative estimate of drug-likeness (QED) is 0.532. The summed E-state index contributed by atoms with van der Waals surface area (Å²) in [7, 11) is 1.29. The average molecular weight is 307 g/mol. The lowest BCUT2D eigenvalue weighted by atomic mass is 10.2. The summed E-state index contributed by atoms with van der Waals surface area (Å²) < 4.78 is 4.59. The van der Waals surface area contributed by atoms with Crippen LogP contribution >= 0.6 is 0 Å². The molecule has 1 heterocycles. The molecule has 1 aromatic carbocycles. The second-order valence-corrected chi connectivity index (χ2v) is 4.45. The predicted octanol–water partition coefficient (Wildman–Crippen LogP) is 2.41. The first-order valence-corrected chi connectivity index (χ1v) is 6.66. The van der Waals surface area contributed by atoms with Gasteiger partial charge in [0.05, 0.1) is 18.4 Å². The lowest BCUT2D eigenvalue weighted by molar-refractivity contribution is -0.112. The van der Waals surface area contributed by atoms with Crippen LogP contribution in [-0.4, -0.2) is 24.0 Å². The van der Waals surface area contributed by atoms with Gasteiger partial charge in [-0.3, -0.25) is 9.78 Å². The first-order valence-electron chi connectivity index (χ1n) is 6.66. The fraction of sp³-hybridized carbons (Fsp3) is 0.0588. The number of aromatic nitrogens is 1. The summed E-state index contributed by atoms with van der Waals surface area (Å²) in [5.41, 5.74) is 1.28. The Kier molecular flexibility index (Phi) is 5.21. The fourth-order valence-corrected chi connectivity index (χ4v) is 1.76. The highest BCUT2D eigenvalue weighted by atomic mass is 16.5. The molecular formula is C17H13N3O3. The van der Waals surface area contributed by atoms with E-state index in [0.29, 0.717) is 16.9 Å². The molecule has 23 heavy (non-hydrogen) atoms.